The number of methoxy groups -OCH3 is 2. The van der Waals surface area contributed by atoms with E-state index in [2.05, 4.69) is 15.3 Å². The smallest absolute Gasteiger partial charge is 0.328 e. The van der Waals surface area contributed by atoms with Gasteiger partial charge < -0.3 is 19.5 Å². The molecule has 1 heterocycles. The summed E-state index contributed by atoms with van der Waals surface area (Å²) < 4.78 is 15.5. The molecule has 2 aromatic carbocycles. The summed E-state index contributed by atoms with van der Waals surface area (Å²) >= 11 is 12.2. The second-order valence-corrected chi connectivity index (χ2v) is 7.65. The molecule has 8 nitrogen and oxygen atoms in total. The first kappa shape index (κ1) is 25.0. The molecule has 0 bridgehead atoms. The van der Waals surface area contributed by atoms with Gasteiger partial charge in [0.25, 0.3) is 5.91 Å². The Kier molecular flexibility index (Phi) is 8.84. The summed E-state index contributed by atoms with van der Waals surface area (Å²) in [5, 5.41) is 2.99. The molecule has 10 heteroatoms. The van der Waals surface area contributed by atoms with Crippen molar-refractivity contribution in [3.63, 3.8) is 0 Å². The zero-order chi connectivity index (χ0) is 24.5. The quantitative estimate of drug-likeness (QED) is 0.413. The van der Waals surface area contributed by atoms with Gasteiger partial charge in [-0.3, -0.25) is 4.79 Å². The molecule has 1 aromatic heterocycles. The van der Waals surface area contributed by atoms with E-state index in [9.17, 15) is 9.59 Å². The Morgan fingerprint density at radius 3 is 2.41 bits per heavy atom. The lowest BCUT2D eigenvalue weighted by molar-refractivity contribution is -0.142. The Balaban J connectivity index is 1.63. The second-order valence-electron chi connectivity index (χ2n) is 6.84. The molecule has 0 saturated heterocycles. The molecule has 3 rings (SSSR count). The molecule has 3 aromatic rings. The molecule has 1 amide bonds. The number of hydrogen-bond donors (Lipinski definition) is 1. The Bertz CT molecular complexity index is 1170. The van der Waals surface area contributed by atoms with Crippen LogP contribution in [0.2, 0.25) is 10.0 Å². The van der Waals surface area contributed by atoms with Gasteiger partial charge in [-0.15, -0.1) is 0 Å². The average molecular weight is 502 g/mol. The van der Waals surface area contributed by atoms with Crippen LogP contribution in [0.3, 0.4) is 0 Å². The van der Waals surface area contributed by atoms with Crippen molar-refractivity contribution in [2.75, 3.05) is 14.2 Å². The third kappa shape index (κ3) is 6.69. The fraction of sp³-hybridized carbons (Fsp3) is 0.167. The standard InChI is InChI=1S/C24H21Cl2N3O5/c1-32-20-13-14-27-24(29-20)34-16-11-9-15(10-12-16)5-3-8-19(23(31)33-2)28-22(30)21-17(25)6-4-7-18(21)26/h3-7,9-14,19H,8H2,1-2H3,(H,28,30)/b5-3+. The van der Waals surface area contributed by atoms with Crippen molar-refractivity contribution < 1.29 is 23.8 Å². The maximum Gasteiger partial charge on any atom is 0.328 e. The second kappa shape index (κ2) is 12.0. The van der Waals surface area contributed by atoms with Gasteiger partial charge >= 0.3 is 12.0 Å². The summed E-state index contributed by atoms with van der Waals surface area (Å²) in [4.78, 5) is 32.9. The van der Waals surface area contributed by atoms with Crippen LogP contribution >= 0.6 is 23.2 Å². The molecule has 176 valence electrons. The van der Waals surface area contributed by atoms with Crippen LogP contribution in [0.15, 0.2) is 60.8 Å². The van der Waals surface area contributed by atoms with Crippen LogP contribution in [-0.2, 0) is 9.53 Å². The molecule has 0 aliphatic carbocycles. The van der Waals surface area contributed by atoms with E-state index in [-0.39, 0.29) is 28.0 Å². The molecule has 1 unspecified atom stereocenters. The van der Waals surface area contributed by atoms with Crippen molar-refractivity contribution in [1.82, 2.24) is 15.3 Å². The van der Waals surface area contributed by atoms with Gasteiger partial charge in [-0.1, -0.05) is 53.6 Å². The maximum atomic E-state index is 12.6. The van der Waals surface area contributed by atoms with E-state index < -0.39 is 17.9 Å². The van der Waals surface area contributed by atoms with Gasteiger partial charge in [0.2, 0.25) is 5.88 Å². The van der Waals surface area contributed by atoms with Crippen LogP contribution in [0.5, 0.6) is 17.6 Å². The molecule has 0 saturated carbocycles. The number of benzene rings is 2. The van der Waals surface area contributed by atoms with Crippen molar-refractivity contribution in [3.05, 3.63) is 82.0 Å². The van der Waals surface area contributed by atoms with Crippen molar-refractivity contribution in [3.8, 4) is 17.6 Å². The highest BCUT2D eigenvalue weighted by molar-refractivity contribution is 6.39. The molecular weight excluding hydrogens is 481 g/mol. The molecule has 0 fully saturated rings. The lowest BCUT2D eigenvalue weighted by Gasteiger charge is -2.16. The van der Waals surface area contributed by atoms with Crippen LogP contribution in [0, 0.1) is 0 Å². The number of ether oxygens (including phenoxy) is 3. The van der Waals surface area contributed by atoms with Gasteiger partial charge in [-0.05, 0) is 36.2 Å². The number of rotatable bonds is 9. The number of esters is 1. The molecule has 1 atom stereocenters. The zero-order valence-electron chi connectivity index (χ0n) is 18.3. The fourth-order valence-corrected chi connectivity index (χ4v) is 3.45. The van der Waals surface area contributed by atoms with Gasteiger partial charge in [-0.2, -0.15) is 4.98 Å². The topological polar surface area (TPSA) is 99.6 Å². The van der Waals surface area contributed by atoms with Crippen LogP contribution in [-0.4, -0.2) is 42.1 Å². The summed E-state index contributed by atoms with van der Waals surface area (Å²) in [6, 6.07) is 12.7. The molecule has 0 spiro atoms. The van der Waals surface area contributed by atoms with Crippen molar-refractivity contribution in [2.24, 2.45) is 0 Å². The van der Waals surface area contributed by atoms with Crippen molar-refractivity contribution in [1.29, 1.82) is 0 Å². The molecule has 0 radical (unpaired) electrons. The van der Waals surface area contributed by atoms with Crippen molar-refractivity contribution >= 4 is 41.2 Å². The van der Waals surface area contributed by atoms with E-state index in [4.69, 9.17) is 37.4 Å². The highest BCUT2D eigenvalue weighted by Crippen LogP contribution is 2.24. The molecule has 34 heavy (non-hydrogen) atoms. The number of nitrogens with zero attached hydrogens (tertiary/aromatic N) is 2. The van der Waals surface area contributed by atoms with Gasteiger partial charge in [0.05, 0.1) is 29.8 Å². The summed E-state index contributed by atoms with van der Waals surface area (Å²) in [6.45, 7) is 0. The normalized spacial score (nSPS) is 11.6. The van der Waals surface area contributed by atoms with Crippen LogP contribution in [0.4, 0.5) is 0 Å². The van der Waals surface area contributed by atoms with E-state index in [1.165, 1.54) is 20.4 Å². The highest BCUT2D eigenvalue weighted by Gasteiger charge is 2.23. The predicted molar refractivity (Wildman–Crippen MR) is 128 cm³/mol. The highest BCUT2D eigenvalue weighted by atomic mass is 35.5. The van der Waals surface area contributed by atoms with Crippen LogP contribution in [0.1, 0.15) is 22.3 Å². The SMILES string of the molecule is COC(=O)C(C/C=C/c1ccc(Oc2nccc(OC)n2)cc1)NC(=O)c1c(Cl)cccc1Cl. The van der Waals surface area contributed by atoms with Crippen LogP contribution < -0.4 is 14.8 Å². The number of halogens is 2. The van der Waals surface area contributed by atoms with Gasteiger partial charge in [-0.25, -0.2) is 9.78 Å². The third-order valence-electron chi connectivity index (χ3n) is 4.57. The van der Waals surface area contributed by atoms with E-state index in [1.54, 1.807) is 48.6 Å². The summed E-state index contributed by atoms with van der Waals surface area (Å²) in [5.74, 6) is -0.223. The number of amides is 1. The molecule has 0 aliphatic heterocycles. The number of carbonyl (C=O) groups is 2. The van der Waals surface area contributed by atoms with E-state index in [0.29, 0.717) is 11.6 Å². The number of aromatic nitrogens is 2. The summed E-state index contributed by atoms with van der Waals surface area (Å²) in [7, 11) is 2.76. The minimum absolute atomic E-state index is 0.0966. The van der Waals surface area contributed by atoms with Gasteiger partial charge in [0.15, 0.2) is 0 Å². The lowest BCUT2D eigenvalue weighted by Crippen LogP contribution is -2.41. The van der Waals surface area contributed by atoms with Gasteiger partial charge in [0, 0.05) is 12.3 Å². The van der Waals surface area contributed by atoms with Crippen molar-refractivity contribution in [2.45, 2.75) is 12.5 Å². The minimum Gasteiger partial charge on any atom is -0.481 e. The first-order valence-electron chi connectivity index (χ1n) is 10.1. The lowest BCUT2D eigenvalue weighted by atomic mass is 10.1. The van der Waals surface area contributed by atoms with E-state index >= 15 is 0 Å². The molecule has 0 aliphatic rings. The largest absolute Gasteiger partial charge is 0.481 e. The Morgan fingerprint density at radius 1 is 1.06 bits per heavy atom. The first-order chi connectivity index (χ1) is 16.4. The van der Waals surface area contributed by atoms with Crippen LogP contribution in [0.25, 0.3) is 6.08 Å². The minimum atomic E-state index is -0.922. The first-order valence-corrected chi connectivity index (χ1v) is 10.8. The fourth-order valence-electron chi connectivity index (χ4n) is 2.88. The maximum absolute atomic E-state index is 12.6. The van der Waals surface area contributed by atoms with E-state index in [1.807, 2.05) is 12.1 Å². The number of carbonyl (C=O) groups excluding carboxylic acids is 2. The molecule has 1 N–H and O–H groups in total. The zero-order valence-corrected chi connectivity index (χ0v) is 19.8. The number of nitrogens with one attached hydrogen (secondary N) is 1. The average Bonchev–Trinajstić information content (AvgIpc) is 2.84. The Hall–Kier alpha value is -3.62. The predicted octanol–water partition coefficient (Wildman–Crippen LogP) is 4.96. The monoisotopic (exact) mass is 501 g/mol. The number of hydrogen-bond acceptors (Lipinski definition) is 7. The molecular formula is C24H21Cl2N3O5. The summed E-state index contributed by atoms with van der Waals surface area (Å²) in [6.07, 6.45) is 5.28. The summed E-state index contributed by atoms with van der Waals surface area (Å²) in [5.41, 5.74) is 0.947. The van der Waals surface area contributed by atoms with E-state index in [0.717, 1.165) is 5.56 Å². The Morgan fingerprint density at radius 2 is 1.76 bits per heavy atom. The third-order valence-corrected chi connectivity index (χ3v) is 5.20. The van der Waals surface area contributed by atoms with Gasteiger partial charge in [0.1, 0.15) is 11.8 Å². The Labute approximate surface area is 206 Å².